The Balaban J connectivity index is 1.28. The highest BCUT2D eigenvalue weighted by Gasteiger charge is 2.18. The molecule has 1 aliphatic rings. The summed E-state index contributed by atoms with van der Waals surface area (Å²) in [5.41, 5.74) is 3.19. The van der Waals surface area contributed by atoms with E-state index < -0.39 is 5.82 Å². The van der Waals surface area contributed by atoms with Gasteiger partial charge in [-0.05, 0) is 54.8 Å². The number of aromatic nitrogens is 3. The average molecular weight is 538 g/mol. The number of ether oxygens (including phenoxy) is 1. The molecule has 8 nitrogen and oxygen atoms in total. The van der Waals surface area contributed by atoms with E-state index in [1.807, 2.05) is 42.5 Å². The summed E-state index contributed by atoms with van der Waals surface area (Å²) in [6, 6.07) is 21.5. The zero-order valence-corrected chi connectivity index (χ0v) is 21.7. The van der Waals surface area contributed by atoms with Crippen LogP contribution in [0.25, 0.3) is 22.2 Å². The van der Waals surface area contributed by atoms with Crippen LogP contribution in [-0.2, 0) is 6.61 Å². The molecule has 0 bridgehead atoms. The second-order valence-corrected chi connectivity index (χ2v) is 9.78. The number of rotatable bonds is 7. The maximum absolute atomic E-state index is 15.3. The van der Waals surface area contributed by atoms with Crippen molar-refractivity contribution in [1.82, 2.24) is 15.0 Å². The molecule has 3 aromatic heterocycles. The Kier molecular flexibility index (Phi) is 7.11. The molecule has 0 spiro atoms. The van der Waals surface area contributed by atoms with Gasteiger partial charge in [0.1, 0.15) is 24.0 Å². The van der Waals surface area contributed by atoms with Crippen LogP contribution in [0.5, 0.6) is 5.75 Å². The number of aromatic amines is 1. The molecule has 0 radical (unpaired) electrons. The number of hydrogen-bond acceptors (Lipinski definition) is 7. The number of hydrogen-bond donors (Lipinski definition) is 3. The van der Waals surface area contributed by atoms with Gasteiger partial charge in [-0.2, -0.15) is 0 Å². The van der Waals surface area contributed by atoms with Gasteiger partial charge in [-0.3, -0.25) is 4.79 Å². The molecule has 0 amide bonds. The van der Waals surface area contributed by atoms with Crippen LogP contribution in [0.3, 0.4) is 0 Å². The Labute approximate surface area is 230 Å². The number of fused-ring (bicyclic) bond motifs is 1. The molecular formula is C31H28FN5O3. The summed E-state index contributed by atoms with van der Waals surface area (Å²) in [6.45, 7) is 1.87. The molecular weight excluding hydrogens is 509 g/mol. The van der Waals surface area contributed by atoms with E-state index in [0.717, 1.165) is 37.2 Å². The Hall–Kier alpha value is -4.76. The summed E-state index contributed by atoms with van der Waals surface area (Å²) in [6.07, 6.45) is 4.49. The molecule has 1 saturated heterocycles. The molecule has 40 heavy (non-hydrogen) atoms. The van der Waals surface area contributed by atoms with Crippen molar-refractivity contribution in [3.8, 4) is 17.0 Å². The molecule has 202 valence electrons. The lowest BCUT2D eigenvalue weighted by atomic mass is 10.1. The fourth-order valence-electron chi connectivity index (χ4n) is 4.87. The van der Waals surface area contributed by atoms with E-state index in [1.54, 1.807) is 30.5 Å². The fourth-order valence-corrected chi connectivity index (χ4v) is 4.87. The minimum atomic E-state index is -0.484. The maximum atomic E-state index is 15.3. The fraction of sp³-hybridized carbons (Fsp3) is 0.194. The lowest BCUT2D eigenvalue weighted by Gasteiger charge is -2.31. The SMILES string of the molecule is O=c1[nH]ccc2nc(-c3ccc(OCc4ccccc4)cc3F)cc(Nc3ccc(N4CCC(O)CC4)cn3)c12. The van der Waals surface area contributed by atoms with Crippen molar-refractivity contribution in [2.24, 2.45) is 0 Å². The lowest BCUT2D eigenvalue weighted by Crippen LogP contribution is -2.35. The molecule has 1 fully saturated rings. The van der Waals surface area contributed by atoms with Crippen LogP contribution in [0, 0.1) is 5.82 Å². The maximum Gasteiger partial charge on any atom is 0.259 e. The second-order valence-electron chi connectivity index (χ2n) is 9.78. The van der Waals surface area contributed by atoms with Crippen molar-refractivity contribution in [3.05, 3.63) is 107 Å². The summed E-state index contributed by atoms with van der Waals surface area (Å²) >= 11 is 0. The number of piperidine rings is 1. The molecule has 0 unspecified atom stereocenters. The molecule has 0 aliphatic carbocycles. The number of aliphatic hydroxyl groups excluding tert-OH is 1. The van der Waals surface area contributed by atoms with Crippen molar-refractivity contribution >= 4 is 28.1 Å². The number of halogens is 1. The normalized spacial score (nSPS) is 13.9. The Morgan fingerprint density at radius 2 is 1.88 bits per heavy atom. The summed E-state index contributed by atoms with van der Waals surface area (Å²) in [4.78, 5) is 26.8. The van der Waals surface area contributed by atoms with Crippen LogP contribution in [0.2, 0.25) is 0 Å². The van der Waals surface area contributed by atoms with Crippen LogP contribution in [0.1, 0.15) is 18.4 Å². The molecule has 2 aromatic carbocycles. The number of anilines is 3. The van der Waals surface area contributed by atoms with Gasteiger partial charge in [0.25, 0.3) is 5.56 Å². The minimum absolute atomic E-state index is 0.250. The van der Waals surface area contributed by atoms with Crippen molar-refractivity contribution in [3.63, 3.8) is 0 Å². The molecule has 6 rings (SSSR count). The predicted molar refractivity (Wildman–Crippen MR) is 154 cm³/mol. The zero-order chi connectivity index (χ0) is 27.5. The van der Waals surface area contributed by atoms with Crippen molar-refractivity contribution in [2.45, 2.75) is 25.6 Å². The summed E-state index contributed by atoms with van der Waals surface area (Å²) in [5.74, 6) is 0.461. The highest BCUT2D eigenvalue weighted by Crippen LogP contribution is 2.31. The molecule has 1 aliphatic heterocycles. The largest absolute Gasteiger partial charge is 0.489 e. The highest BCUT2D eigenvalue weighted by molar-refractivity contribution is 5.94. The molecule has 3 N–H and O–H groups in total. The molecule has 0 saturated carbocycles. The van der Waals surface area contributed by atoms with E-state index in [9.17, 15) is 9.90 Å². The third kappa shape index (κ3) is 5.50. The lowest BCUT2D eigenvalue weighted by molar-refractivity contribution is 0.145. The van der Waals surface area contributed by atoms with Crippen LogP contribution < -0.4 is 20.5 Å². The van der Waals surface area contributed by atoms with Gasteiger partial charge in [-0.25, -0.2) is 14.4 Å². The predicted octanol–water partition coefficient (Wildman–Crippen LogP) is 5.41. The van der Waals surface area contributed by atoms with Gasteiger partial charge in [0, 0.05) is 30.9 Å². The first-order valence-corrected chi connectivity index (χ1v) is 13.2. The van der Waals surface area contributed by atoms with Gasteiger partial charge in [0.2, 0.25) is 0 Å². The van der Waals surface area contributed by atoms with Gasteiger partial charge in [-0.1, -0.05) is 30.3 Å². The van der Waals surface area contributed by atoms with Gasteiger partial charge >= 0.3 is 0 Å². The second kappa shape index (κ2) is 11.2. The number of nitrogens with zero attached hydrogens (tertiary/aromatic N) is 3. The zero-order valence-electron chi connectivity index (χ0n) is 21.7. The van der Waals surface area contributed by atoms with Gasteiger partial charge in [-0.15, -0.1) is 0 Å². The molecule has 0 atom stereocenters. The van der Waals surface area contributed by atoms with E-state index in [4.69, 9.17) is 4.74 Å². The van der Waals surface area contributed by atoms with Crippen molar-refractivity contribution in [1.29, 1.82) is 0 Å². The first-order valence-electron chi connectivity index (χ1n) is 13.2. The van der Waals surface area contributed by atoms with Crippen molar-refractivity contribution in [2.75, 3.05) is 23.3 Å². The summed E-state index contributed by atoms with van der Waals surface area (Å²) < 4.78 is 21.1. The molecule has 4 heterocycles. The number of H-pyrrole nitrogens is 1. The first kappa shape index (κ1) is 25.5. The summed E-state index contributed by atoms with van der Waals surface area (Å²) in [5, 5.41) is 13.4. The monoisotopic (exact) mass is 537 g/mol. The smallest absolute Gasteiger partial charge is 0.259 e. The van der Waals surface area contributed by atoms with E-state index >= 15 is 4.39 Å². The number of aliphatic hydroxyl groups is 1. The van der Waals surface area contributed by atoms with Crippen LogP contribution in [0.4, 0.5) is 21.6 Å². The topological polar surface area (TPSA) is 103 Å². The quantitative estimate of drug-likeness (QED) is 0.255. The number of benzene rings is 2. The van der Waals surface area contributed by atoms with Crippen LogP contribution in [-0.4, -0.2) is 39.3 Å². The van der Waals surface area contributed by atoms with Gasteiger partial charge < -0.3 is 25.0 Å². The van der Waals surface area contributed by atoms with Crippen LogP contribution >= 0.6 is 0 Å². The van der Waals surface area contributed by atoms with E-state index in [-0.39, 0.29) is 17.2 Å². The van der Waals surface area contributed by atoms with Gasteiger partial charge in [0.15, 0.2) is 0 Å². The van der Waals surface area contributed by atoms with E-state index in [1.165, 1.54) is 12.3 Å². The van der Waals surface area contributed by atoms with Crippen LogP contribution in [0.15, 0.2) is 90.0 Å². The molecule has 9 heteroatoms. The third-order valence-electron chi connectivity index (χ3n) is 7.04. The third-order valence-corrected chi connectivity index (χ3v) is 7.04. The number of pyridine rings is 3. The van der Waals surface area contributed by atoms with E-state index in [0.29, 0.717) is 40.5 Å². The average Bonchev–Trinajstić information content (AvgIpc) is 2.97. The van der Waals surface area contributed by atoms with E-state index in [2.05, 4.69) is 25.2 Å². The standard InChI is InChI=1S/C31H28FN5O3/c32-25-16-23(40-19-20-4-2-1-3-5-20)7-8-24(25)27-17-28(30-26(35-27)10-13-33-31(30)39)36-29-9-6-21(18-34-29)37-14-11-22(38)12-15-37/h1-10,13,16-18,22,38H,11-12,14-15,19H2,(H,33,39)(H,34,35,36). The molecule has 5 aromatic rings. The Morgan fingerprint density at radius 3 is 2.62 bits per heavy atom. The first-order chi connectivity index (χ1) is 19.5. The minimum Gasteiger partial charge on any atom is -0.489 e. The Bertz CT molecular complexity index is 1680. The Morgan fingerprint density at radius 1 is 1.05 bits per heavy atom. The number of nitrogens with one attached hydrogen (secondary N) is 2. The van der Waals surface area contributed by atoms with Gasteiger partial charge in [0.05, 0.1) is 40.3 Å². The van der Waals surface area contributed by atoms with Crippen molar-refractivity contribution < 1.29 is 14.2 Å². The summed E-state index contributed by atoms with van der Waals surface area (Å²) in [7, 11) is 0. The highest BCUT2D eigenvalue weighted by atomic mass is 19.1.